The zero-order valence-corrected chi connectivity index (χ0v) is 7.77. The van der Waals surface area contributed by atoms with Crippen molar-refractivity contribution in [2.75, 3.05) is 0 Å². The van der Waals surface area contributed by atoms with Crippen LogP contribution in [0.1, 0.15) is 10.4 Å². The van der Waals surface area contributed by atoms with E-state index in [2.05, 4.69) is 15.4 Å². The fourth-order valence-electron chi connectivity index (χ4n) is 1.04. The van der Waals surface area contributed by atoms with Crippen molar-refractivity contribution in [3.05, 3.63) is 23.8 Å². The van der Waals surface area contributed by atoms with Gasteiger partial charge in [-0.2, -0.15) is 0 Å². The number of rotatable bonds is 1. The molecule has 0 saturated heterocycles. The summed E-state index contributed by atoms with van der Waals surface area (Å²) >= 11 is 0. The maximum absolute atomic E-state index is 10.6. The van der Waals surface area contributed by atoms with Gasteiger partial charge in [-0.1, -0.05) is 11.3 Å². The normalized spacial score (nSPS) is 8.86. The second-order valence-electron chi connectivity index (χ2n) is 2.32. The number of benzene rings is 1. The van der Waals surface area contributed by atoms with E-state index in [0.717, 1.165) is 0 Å². The molecule has 1 aromatic heterocycles. The Morgan fingerprint density at radius 1 is 1.43 bits per heavy atom. The summed E-state index contributed by atoms with van der Waals surface area (Å²) in [6, 6.07) is 4.86. The van der Waals surface area contributed by atoms with Gasteiger partial charge in [0.1, 0.15) is 5.52 Å². The number of carbonyl (C=O) groups is 1. The van der Waals surface area contributed by atoms with Gasteiger partial charge in [0.05, 0.1) is 11.1 Å². The van der Waals surface area contributed by atoms with E-state index < -0.39 is 5.97 Å². The van der Waals surface area contributed by atoms with Gasteiger partial charge in [-0.3, -0.25) is 5.10 Å². The summed E-state index contributed by atoms with van der Waals surface area (Å²) in [6.07, 6.45) is 0. The molecule has 0 fully saturated rings. The van der Waals surface area contributed by atoms with Crippen molar-refractivity contribution in [2.24, 2.45) is 0 Å². The molecule has 7 heteroatoms. The van der Waals surface area contributed by atoms with Crippen LogP contribution in [0, 0.1) is 0 Å². The molecule has 0 atom stereocenters. The van der Waals surface area contributed by atoms with Crippen LogP contribution in [-0.2, 0) is 22.4 Å². The Labute approximate surface area is 138 Å². The van der Waals surface area contributed by atoms with Crippen LogP contribution in [0.5, 0.6) is 0 Å². The van der Waals surface area contributed by atoms with Crippen LogP contribution in [0.3, 0.4) is 0 Å². The minimum absolute atomic E-state index is 0. The van der Waals surface area contributed by atoms with E-state index in [4.69, 9.17) is 5.11 Å². The molecule has 2 N–H and O–H groups in total. The van der Waals surface area contributed by atoms with Gasteiger partial charge >= 0.3 is 57.4 Å². The van der Waals surface area contributed by atoms with Crippen molar-refractivity contribution < 1.29 is 32.3 Å². The number of carboxylic acids is 1. The van der Waals surface area contributed by atoms with E-state index in [1.807, 2.05) is 0 Å². The van der Waals surface area contributed by atoms with E-state index >= 15 is 0 Å². The van der Waals surface area contributed by atoms with Gasteiger partial charge in [0, 0.05) is 22.4 Å². The molecular formula is C7H6AgKN3O2. The third-order valence-electron chi connectivity index (χ3n) is 1.59. The molecule has 1 aromatic carbocycles. The molecule has 1 radical (unpaired) electrons. The minimum atomic E-state index is -0.991. The zero-order valence-electron chi connectivity index (χ0n) is 6.28. The Kier molecular flexibility index (Phi) is 6.34. The quantitative estimate of drug-likeness (QED) is 0.727. The van der Waals surface area contributed by atoms with E-state index in [0.29, 0.717) is 11.0 Å². The van der Waals surface area contributed by atoms with Crippen LogP contribution in [0.4, 0.5) is 0 Å². The average molecular weight is 311 g/mol. The second kappa shape index (κ2) is 6.14. The molecule has 1 heterocycles. The Bertz CT molecular complexity index is 445. The molecule has 0 aliphatic heterocycles. The molecule has 0 amide bonds. The number of fused-ring (bicyclic) bond motifs is 1. The number of hydrogen-bond acceptors (Lipinski definition) is 3. The monoisotopic (exact) mass is 310 g/mol. The third-order valence-corrected chi connectivity index (χ3v) is 1.59. The van der Waals surface area contributed by atoms with Gasteiger partial charge in [-0.15, -0.1) is 5.10 Å². The van der Waals surface area contributed by atoms with Crippen LogP contribution < -0.4 is 0 Å². The van der Waals surface area contributed by atoms with Gasteiger partial charge in [-0.25, -0.2) is 4.79 Å². The van der Waals surface area contributed by atoms with Gasteiger partial charge < -0.3 is 5.11 Å². The first-order valence-corrected chi connectivity index (χ1v) is 3.32. The first kappa shape index (κ1) is 14.5. The van der Waals surface area contributed by atoms with Gasteiger partial charge in [0.25, 0.3) is 0 Å². The molecule has 2 rings (SSSR count). The molecule has 0 saturated carbocycles. The second-order valence-corrected chi connectivity index (χ2v) is 2.32. The maximum atomic E-state index is 10.6. The molecule has 73 valence electrons. The van der Waals surface area contributed by atoms with Crippen LogP contribution in [0.15, 0.2) is 18.2 Å². The van der Waals surface area contributed by atoms with E-state index in [9.17, 15) is 4.79 Å². The van der Waals surface area contributed by atoms with Crippen molar-refractivity contribution in [1.29, 1.82) is 0 Å². The van der Waals surface area contributed by atoms with Crippen molar-refractivity contribution in [2.45, 2.75) is 0 Å². The van der Waals surface area contributed by atoms with Crippen molar-refractivity contribution in [3.63, 3.8) is 0 Å². The number of aromatic amines is 1. The summed E-state index contributed by atoms with van der Waals surface area (Å²) in [6.45, 7) is 0. The van der Waals surface area contributed by atoms with Crippen molar-refractivity contribution >= 4 is 68.4 Å². The Balaban J connectivity index is 0.000000845. The number of H-pyrrole nitrogens is 1. The van der Waals surface area contributed by atoms with Gasteiger partial charge in [-0.05, 0) is 12.1 Å². The molecule has 0 spiro atoms. The molecule has 2 aromatic rings. The number of nitrogens with one attached hydrogen (secondary N) is 1. The molecule has 14 heavy (non-hydrogen) atoms. The molecule has 5 nitrogen and oxygen atoms in total. The molecular weight excluding hydrogens is 305 g/mol. The number of aromatic nitrogens is 3. The van der Waals surface area contributed by atoms with Gasteiger partial charge in [0.15, 0.2) is 0 Å². The SMILES string of the molecule is O=C(O)c1cccc2[nH]nnc12.[Ag].[KH]. The van der Waals surface area contributed by atoms with Crippen LogP contribution in [0.25, 0.3) is 11.0 Å². The third kappa shape index (κ3) is 2.74. The van der Waals surface area contributed by atoms with Crippen LogP contribution in [0.2, 0.25) is 0 Å². The standard InChI is InChI=1S/C7H5N3O2.Ag.K.H/c11-7(12)4-2-1-3-5-6(4)9-10-8-5;;;/h1-3H,(H,11,12)(H,8,9,10);;;. The van der Waals surface area contributed by atoms with E-state index in [1.54, 1.807) is 12.1 Å². The summed E-state index contributed by atoms with van der Waals surface area (Å²) in [5.41, 5.74) is 1.20. The zero-order chi connectivity index (χ0) is 8.55. The fourth-order valence-corrected chi connectivity index (χ4v) is 1.04. The number of hydrogen-bond donors (Lipinski definition) is 2. The van der Waals surface area contributed by atoms with Crippen molar-refractivity contribution in [1.82, 2.24) is 15.4 Å². The Morgan fingerprint density at radius 2 is 2.14 bits per heavy atom. The summed E-state index contributed by atoms with van der Waals surface area (Å²) in [7, 11) is 0. The predicted molar refractivity (Wildman–Crippen MR) is 48.0 cm³/mol. The number of carboxylic acid groups (broad SMARTS) is 1. The van der Waals surface area contributed by atoms with Gasteiger partial charge in [0.2, 0.25) is 0 Å². The first-order chi connectivity index (χ1) is 5.79. The summed E-state index contributed by atoms with van der Waals surface area (Å²) in [4.78, 5) is 10.6. The molecule has 0 aliphatic carbocycles. The first-order valence-electron chi connectivity index (χ1n) is 3.32. The number of nitrogens with zero attached hydrogens (tertiary/aromatic N) is 2. The Hall–Kier alpha value is 0.467. The summed E-state index contributed by atoms with van der Waals surface area (Å²) in [5, 5.41) is 18.5. The summed E-state index contributed by atoms with van der Waals surface area (Å²) < 4.78 is 0. The molecule has 0 bridgehead atoms. The van der Waals surface area contributed by atoms with Crippen LogP contribution >= 0.6 is 0 Å². The average Bonchev–Trinajstić information content (AvgIpc) is 2.49. The molecule has 0 unspecified atom stereocenters. The van der Waals surface area contributed by atoms with Crippen molar-refractivity contribution in [3.8, 4) is 0 Å². The Morgan fingerprint density at radius 3 is 2.79 bits per heavy atom. The predicted octanol–water partition coefficient (Wildman–Crippen LogP) is 0.00510. The van der Waals surface area contributed by atoms with E-state index in [-0.39, 0.29) is 79.3 Å². The van der Waals surface area contributed by atoms with Crippen LogP contribution in [-0.4, -0.2) is 77.9 Å². The molecule has 0 aliphatic rings. The van der Waals surface area contributed by atoms with E-state index in [1.165, 1.54) is 6.07 Å². The summed E-state index contributed by atoms with van der Waals surface area (Å²) in [5.74, 6) is -0.991. The fraction of sp³-hybridized carbons (Fsp3) is 0. The number of aromatic carboxylic acids is 1. The topological polar surface area (TPSA) is 78.9 Å².